The number of benzene rings is 2. The van der Waals surface area contributed by atoms with E-state index in [9.17, 15) is 24.0 Å². The molecule has 0 saturated heterocycles. The molecule has 36 heavy (non-hydrogen) atoms. The molecular weight excluding hydrogens is 490 g/mol. The van der Waals surface area contributed by atoms with Gasteiger partial charge in [0.15, 0.2) is 0 Å². The molecule has 3 amide bonds. The van der Waals surface area contributed by atoms with Crippen LogP contribution in [0.1, 0.15) is 37.7 Å². The Balaban J connectivity index is 1.98. The molecule has 0 aliphatic heterocycles. The second kappa shape index (κ2) is 13.8. The molecule has 0 aliphatic rings. The SMILES string of the molecule is NC(=O)[C@H](CCC(=O)O)NC(=O)[C@H](CCC(=O)O)NC(=O)CCc1ccc(-c2cccc(Cl)c2)cc1. The fourth-order valence-electron chi connectivity index (χ4n) is 3.42. The molecule has 0 aliphatic carbocycles. The minimum Gasteiger partial charge on any atom is -0.481 e. The predicted molar refractivity (Wildman–Crippen MR) is 132 cm³/mol. The number of aliphatic carboxylic acids is 2. The van der Waals surface area contributed by atoms with Crippen molar-refractivity contribution < 1.29 is 34.2 Å². The van der Waals surface area contributed by atoms with Gasteiger partial charge in [0.1, 0.15) is 12.1 Å². The van der Waals surface area contributed by atoms with Gasteiger partial charge in [0.05, 0.1) is 0 Å². The molecule has 6 N–H and O–H groups in total. The lowest BCUT2D eigenvalue weighted by Crippen LogP contribution is -2.53. The zero-order valence-corrected chi connectivity index (χ0v) is 20.2. The average Bonchev–Trinajstić information content (AvgIpc) is 2.82. The van der Waals surface area contributed by atoms with Gasteiger partial charge in [-0.25, -0.2) is 0 Å². The summed E-state index contributed by atoms with van der Waals surface area (Å²) in [6.45, 7) is 0. The van der Waals surface area contributed by atoms with E-state index < -0.39 is 54.6 Å². The summed E-state index contributed by atoms with van der Waals surface area (Å²) < 4.78 is 0. The van der Waals surface area contributed by atoms with Crippen molar-refractivity contribution in [3.63, 3.8) is 0 Å². The number of carboxylic acids is 2. The summed E-state index contributed by atoms with van der Waals surface area (Å²) in [5.74, 6) is -4.58. The van der Waals surface area contributed by atoms with Crippen LogP contribution in [-0.2, 0) is 30.4 Å². The van der Waals surface area contributed by atoms with Crippen molar-refractivity contribution in [3.8, 4) is 11.1 Å². The molecule has 10 nitrogen and oxygen atoms in total. The quantitative estimate of drug-likeness (QED) is 0.255. The van der Waals surface area contributed by atoms with Crippen molar-refractivity contribution >= 4 is 41.3 Å². The van der Waals surface area contributed by atoms with Gasteiger partial charge in [0.25, 0.3) is 0 Å². The number of amides is 3. The highest BCUT2D eigenvalue weighted by Gasteiger charge is 2.26. The number of hydrogen-bond acceptors (Lipinski definition) is 5. The molecule has 0 radical (unpaired) electrons. The van der Waals surface area contributed by atoms with Gasteiger partial charge in [-0.15, -0.1) is 0 Å². The van der Waals surface area contributed by atoms with E-state index in [0.717, 1.165) is 16.7 Å². The Morgan fingerprint density at radius 1 is 0.806 bits per heavy atom. The fraction of sp³-hybridized carbons (Fsp3) is 0.320. The molecule has 0 unspecified atom stereocenters. The van der Waals surface area contributed by atoms with Gasteiger partial charge in [0.2, 0.25) is 17.7 Å². The predicted octanol–water partition coefficient (Wildman–Crippen LogP) is 2.12. The molecule has 0 fully saturated rings. The second-order valence-electron chi connectivity index (χ2n) is 8.16. The van der Waals surface area contributed by atoms with Crippen LogP contribution in [0.2, 0.25) is 5.02 Å². The van der Waals surface area contributed by atoms with E-state index in [4.69, 9.17) is 27.5 Å². The molecule has 0 spiro atoms. The standard InChI is InChI=1S/C25H28ClN3O7/c26-18-3-1-2-17(14-18)16-7-4-15(5-8-16)6-11-21(30)28-20(10-13-23(33)34)25(36)29-19(24(27)35)9-12-22(31)32/h1-5,7-8,14,19-20H,6,9-13H2,(H2,27,35)(H,28,30)(H,29,36)(H,31,32)(H,33,34)/t19-,20-/m0/s1. The smallest absolute Gasteiger partial charge is 0.303 e. The second-order valence-corrected chi connectivity index (χ2v) is 8.59. The summed E-state index contributed by atoms with van der Waals surface area (Å²) in [7, 11) is 0. The number of nitrogens with two attached hydrogens (primary N) is 1. The molecule has 0 bridgehead atoms. The largest absolute Gasteiger partial charge is 0.481 e. The van der Waals surface area contributed by atoms with E-state index in [2.05, 4.69) is 10.6 Å². The van der Waals surface area contributed by atoms with Gasteiger partial charge in [-0.3, -0.25) is 24.0 Å². The van der Waals surface area contributed by atoms with Gasteiger partial charge >= 0.3 is 11.9 Å². The van der Waals surface area contributed by atoms with Crippen molar-refractivity contribution in [3.05, 3.63) is 59.1 Å². The Morgan fingerprint density at radius 3 is 1.97 bits per heavy atom. The number of hydrogen-bond donors (Lipinski definition) is 5. The first-order chi connectivity index (χ1) is 17.0. The number of aryl methyl sites for hydroxylation is 1. The van der Waals surface area contributed by atoms with Crippen LogP contribution in [0.5, 0.6) is 0 Å². The lowest BCUT2D eigenvalue weighted by atomic mass is 10.0. The minimum atomic E-state index is -1.27. The van der Waals surface area contributed by atoms with E-state index >= 15 is 0 Å². The van der Waals surface area contributed by atoms with Crippen LogP contribution < -0.4 is 16.4 Å². The molecule has 2 atom stereocenters. The highest BCUT2D eigenvalue weighted by atomic mass is 35.5. The zero-order chi connectivity index (χ0) is 26.7. The summed E-state index contributed by atoms with van der Waals surface area (Å²) in [5.41, 5.74) is 8.02. The van der Waals surface area contributed by atoms with Crippen LogP contribution in [0.3, 0.4) is 0 Å². The highest BCUT2D eigenvalue weighted by Crippen LogP contribution is 2.23. The number of primary amides is 1. The Hall–Kier alpha value is -3.92. The maximum absolute atomic E-state index is 12.6. The Bertz CT molecular complexity index is 1110. The van der Waals surface area contributed by atoms with Crippen LogP contribution in [0.4, 0.5) is 0 Å². The zero-order valence-electron chi connectivity index (χ0n) is 19.4. The monoisotopic (exact) mass is 517 g/mol. The summed E-state index contributed by atoms with van der Waals surface area (Å²) in [5, 5.41) is 23.2. The first-order valence-corrected chi connectivity index (χ1v) is 11.6. The molecule has 0 aromatic heterocycles. The van der Waals surface area contributed by atoms with Crippen LogP contribution in [0.15, 0.2) is 48.5 Å². The summed E-state index contributed by atoms with van der Waals surface area (Å²) in [4.78, 5) is 58.5. The topological polar surface area (TPSA) is 176 Å². The van der Waals surface area contributed by atoms with Crippen molar-refractivity contribution in [1.82, 2.24) is 10.6 Å². The number of halogens is 1. The fourth-order valence-corrected chi connectivity index (χ4v) is 3.61. The first-order valence-electron chi connectivity index (χ1n) is 11.2. The minimum absolute atomic E-state index is 0.0334. The van der Waals surface area contributed by atoms with Crippen molar-refractivity contribution in [1.29, 1.82) is 0 Å². The van der Waals surface area contributed by atoms with E-state index in [1.807, 2.05) is 42.5 Å². The van der Waals surface area contributed by atoms with Crippen LogP contribution >= 0.6 is 11.6 Å². The number of carbonyl (C=O) groups excluding carboxylic acids is 3. The van der Waals surface area contributed by atoms with Crippen molar-refractivity contribution in [2.45, 2.75) is 50.6 Å². The van der Waals surface area contributed by atoms with Crippen molar-refractivity contribution in [2.24, 2.45) is 5.73 Å². The molecule has 0 saturated carbocycles. The Labute approximate surface area is 212 Å². The Kier molecular flexibility index (Phi) is 10.9. The molecule has 2 aromatic rings. The van der Waals surface area contributed by atoms with Crippen LogP contribution in [0, 0.1) is 0 Å². The number of carboxylic acid groups (broad SMARTS) is 2. The third-order valence-electron chi connectivity index (χ3n) is 5.36. The van der Waals surface area contributed by atoms with E-state index in [0.29, 0.717) is 11.4 Å². The number of rotatable bonds is 14. The van der Waals surface area contributed by atoms with E-state index in [1.165, 1.54) is 0 Å². The summed E-state index contributed by atoms with van der Waals surface area (Å²) in [6, 6.07) is 12.5. The third kappa shape index (κ3) is 9.75. The molecule has 2 aromatic carbocycles. The van der Waals surface area contributed by atoms with Gasteiger partial charge in [-0.05, 0) is 48.1 Å². The highest BCUT2D eigenvalue weighted by molar-refractivity contribution is 6.30. The summed E-state index contributed by atoms with van der Waals surface area (Å²) >= 11 is 6.03. The molecule has 0 heterocycles. The van der Waals surface area contributed by atoms with E-state index in [-0.39, 0.29) is 19.3 Å². The molecular formula is C25H28ClN3O7. The third-order valence-corrected chi connectivity index (χ3v) is 5.59. The van der Waals surface area contributed by atoms with Gasteiger partial charge in [-0.2, -0.15) is 0 Å². The lowest BCUT2D eigenvalue weighted by Gasteiger charge is -2.21. The first kappa shape index (κ1) is 28.3. The van der Waals surface area contributed by atoms with Gasteiger partial charge in [-0.1, -0.05) is 48.0 Å². The molecule has 11 heteroatoms. The van der Waals surface area contributed by atoms with Crippen LogP contribution in [-0.4, -0.2) is 52.0 Å². The van der Waals surface area contributed by atoms with E-state index in [1.54, 1.807) is 6.07 Å². The average molecular weight is 518 g/mol. The lowest BCUT2D eigenvalue weighted by molar-refractivity contribution is -0.139. The van der Waals surface area contributed by atoms with Gasteiger partial charge in [0, 0.05) is 24.3 Å². The van der Waals surface area contributed by atoms with Crippen LogP contribution in [0.25, 0.3) is 11.1 Å². The molecule has 2 rings (SSSR count). The molecule has 192 valence electrons. The van der Waals surface area contributed by atoms with Crippen molar-refractivity contribution in [2.75, 3.05) is 0 Å². The maximum atomic E-state index is 12.6. The number of nitrogens with one attached hydrogen (secondary N) is 2. The number of carbonyl (C=O) groups is 5. The normalized spacial score (nSPS) is 12.2. The summed E-state index contributed by atoms with van der Waals surface area (Å²) in [6.07, 6.45) is -0.855. The Morgan fingerprint density at radius 2 is 1.42 bits per heavy atom. The maximum Gasteiger partial charge on any atom is 0.303 e. The van der Waals surface area contributed by atoms with Gasteiger partial charge < -0.3 is 26.6 Å².